The number of hydrogen-bond donors (Lipinski definition) is 0. The molecule has 2 aromatic heterocycles. The van der Waals surface area contributed by atoms with Gasteiger partial charge in [0, 0.05) is 39.3 Å². The fourth-order valence-corrected chi connectivity index (χ4v) is 7.58. The molecule has 3 heteroatoms. The molecular weight excluding hydrogens is 597 g/mol. The van der Waals surface area contributed by atoms with Crippen LogP contribution in [0.3, 0.4) is 0 Å². The van der Waals surface area contributed by atoms with Crippen molar-refractivity contribution >= 4 is 71.6 Å². The Kier molecular flexibility index (Phi) is 6.18. The first-order valence-electron chi connectivity index (χ1n) is 16.7. The molecule has 0 aliphatic heterocycles. The third-order valence-electron chi connectivity index (χ3n) is 9.77. The Labute approximate surface area is 283 Å². The van der Waals surface area contributed by atoms with Crippen molar-refractivity contribution in [1.82, 2.24) is 4.57 Å². The molecule has 0 fully saturated rings. The highest BCUT2D eigenvalue weighted by molar-refractivity contribution is 6.21. The molecule has 0 bridgehead atoms. The van der Waals surface area contributed by atoms with Crippen molar-refractivity contribution in [3.05, 3.63) is 182 Å². The second kappa shape index (κ2) is 11.0. The van der Waals surface area contributed by atoms with E-state index in [9.17, 15) is 0 Å². The minimum absolute atomic E-state index is 0.860. The van der Waals surface area contributed by atoms with E-state index in [-0.39, 0.29) is 0 Å². The molecule has 0 N–H and O–H groups in total. The Bertz CT molecular complexity index is 2810. The van der Waals surface area contributed by atoms with E-state index in [0.717, 1.165) is 44.7 Å². The summed E-state index contributed by atoms with van der Waals surface area (Å²) < 4.78 is 9.06. The lowest BCUT2D eigenvalue weighted by Gasteiger charge is -2.26. The Morgan fingerprint density at radius 1 is 0.408 bits per heavy atom. The molecule has 49 heavy (non-hydrogen) atoms. The van der Waals surface area contributed by atoms with Gasteiger partial charge in [0.1, 0.15) is 11.2 Å². The predicted molar refractivity (Wildman–Crippen MR) is 206 cm³/mol. The number of furan rings is 1. The average Bonchev–Trinajstić information content (AvgIpc) is 3.72. The molecule has 8 aromatic carbocycles. The van der Waals surface area contributed by atoms with Crippen molar-refractivity contribution in [3.63, 3.8) is 0 Å². The first-order chi connectivity index (χ1) is 24.3. The van der Waals surface area contributed by atoms with E-state index < -0.39 is 0 Å². The molecule has 0 spiro atoms. The maximum Gasteiger partial charge on any atom is 0.137 e. The average molecular weight is 627 g/mol. The summed E-state index contributed by atoms with van der Waals surface area (Å²) in [7, 11) is 0. The normalized spacial score (nSPS) is 11.7. The first kappa shape index (κ1) is 27.5. The Hall–Kier alpha value is -6.58. The quantitative estimate of drug-likeness (QED) is 0.190. The zero-order valence-electron chi connectivity index (χ0n) is 26.6. The SMILES string of the molecule is c1ccc(-c2ccc(N(c3ccccc3)c3cccc4oc5cc(-n6c7ccccc7c7c8ccccc8ccc76)ccc5c34)cc2)cc1. The molecule has 0 unspecified atom stereocenters. The summed E-state index contributed by atoms with van der Waals surface area (Å²) in [5.74, 6) is 0. The van der Waals surface area contributed by atoms with Gasteiger partial charge in [-0.1, -0.05) is 115 Å². The number of hydrogen-bond acceptors (Lipinski definition) is 2. The fraction of sp³-hybridized carbons (Fsp3) is 0. The van der Waals surface area contributed by atoms with Gasteiger partial charge in [-0.2, -0.15) is 0 Å². The summed E-state index contributed by atoms with van der Waals surface area (Å²) in [4.78, 5) is 2.33. The van der Waals surface area contributed by atoms with Gasteiger partial charge >= 0.3 is 0 Å². The van der Waals surface area contributed by atoms with Crippen LogP contribution in [0, 0.1) is 0 Å². The second-order valence-electron chi connectivity index (χ2n) is 12.6. The zero-order valence-corrected chi connectivity index (χ0v) is 26.6. The Morgan fingerprint density at radius 2 is 1.10 bits per heavy atom. The lowest BCUT2D eigenvalue weighted by atomic mass is 10.0. The molecular formula is C46H30N2O. The zero-order chi connectivity index (χ0) is 32.3. The number of aromatic nitrogens is 1. The van der Waals surface area contributed by atoms with Gasteiger partial charge in [0.05, 0.1) is 22.1 Å². The lowest BCUT2D eigenvalue weighted by molar-refractivity contribution is 0.668. The van der Waals surface area contributed by atoms with Gasteiger partial charge in [-0.3, -0.25) is 0 Å². The number of nitrogens with zero attached hydrogens (tertiary/aromatic N) is 2. The van der Waals surface area contributed by atoms with Crippen LogP contribution in [0.4, 0.5) is 17.1 Å². The third-order valence-corrected chi connectivity index (χ3v) is 9.77. The standard InChI is InChI=1S/C46H30N2O/c1-3-12-31(13-4-1)32-22-25-35(26-23-32)47(34-15-5-2-6-16-34)41-20-11-21-43-46(41)39-28-27-36(30-44(39)49-43)48-40-19-10-9-18-38(40)45-37-17-8-7-14-33(37)24-29-42(45)48/h1-30H. The largest absolute Gasteiger partial charge is 0.456 e. The van der Waals surface area contributed by atoms with E-state index >= 15 is 0 Å². The van der Waals surface area contributed by atoms with E-state index in [1.807, 2.05) is 0 Å². The van der Waals surface area contributed by atoms with Crippen molar-refractivity contribution in [2.45, 2.75) is 0 Å². The smallest absolute Gasteiger partial charge is 0.137 e. The lowest BCUT2D eigenvalue weighted by Crippen LogP contribution is -2.10. The number of benzene rings is 8. The monoisotopic (exact) mass is 626 g/mol. The molecule has 0 aliphatic rings. The maximum absolute atomic E-state index is 6.69. The molecule has 3 nitrogen and oxygen atoms in total. The first-order valence-corrected chi connectivity index (χ1v) is 16.7. The molecule has 2 heterocycles. The minimum Gasteiger partial charge on any atom is -0.456 e. The van der Waals surface area contributed by atoms with E-state index in [1.54, 1.807) is 0 Å². The van der Waals surface area contributed by atoms with Gasteiger partial charge in [0.15, 0.2) is 0 Å². The van der Waals surface area contributed by atoms with Gasteiger partial charge < -0.3 is 13.9 Å². The van der Waals surface area contributed by atoms with Gasteiger partial charge in [0.2, 0.25) is 0 Å². The van der Waals surface area contributed by atoms with E-state index in [1.165, 1.54) is 43.7 Å². The summed E-state index contributed by atoms with van der Waals surface area (Å²) in [6, 6.07) is 64.8. The van der Waals surface area contributed by atoms with Gasteiger partial charge in [-0.05, 0) is 82.6 Å². The van der Waals surface area contributed by atoms with Crippen LogP contribution < -0.4 is 4.90 Å². The molecule has 0 atom stereocenters. The molecule has 230 valence electrons. The highest BCUT2D eigenvalue weighted by Gasteiger charge is 2.21. The second-order valence-corrected chi connectivity index (χ2v) is 12.6. The molecule has 10 aromatic rings. The van der Waals surface area contributed by atoms with E-state index in [4.69, 9.17) is 4.42 Å². The van der Waals surface area contributed by atoms with E-state index in [0.29, 0.717) is 0 Å². The Balaban J connectivity index is 1.16. The van der Waals surface area contributed by atoms with Crippen LogP contribution in [0.25, 0.3) is 71.3 Å². The van der Waals surface area contributed by atoms with Crippen molar-refractivity contribution in [3.8, 4) is 16.8 Å². The van der Waals surface area contributed by atoms with Crippen LogP contribution in [-0.4, -0.2) is 4.57 Å². The number of fused-ring (bicyclic) bond motifs is 8. The van der Waals surface area contributed by atoms with Crippen LogP contribution in [0.2, 0.25) is 0 Å². The highest BCUT2D eigenvalue weighted by Crippen LogP contribution is 2.44. The minimum atomic E-state index is 0.860. The Morgan fingerprint density at radius 3 is 1.94 bits per heavy atom. The van der Waals surface area contributed by atoms with Crippen molar-refractivity contribution < 1.29 is 4.42 Å². The summed E-state index contributed by atoms with van der Waals surface area (Å²) in [6.07, 6.45) is 0. The maximum atomic E-state index is 6.69. The molecule has 0 saturated heterocycles. The van der Waals surface area contributed by atoms with Crippen molar-refractivity contribution in [2.24, 2.45) is 0 Å². The third kappa shape index (κ3) is 4.37. The van der Waals surface area contributed by atoms with Crippen LogP contribution in [0.15, 0.2) is 186 Å². The molecule has 0 aliphatic carbocycles. The van der Waals surface area contributed by atoms with Crippen molar-refractivity contribution in [1.29, 1.82) is 0 Å². The molecule has 0 saturated carbocycles. The molecule has 0 amide bonds. The summed E-state index contributed by atoms with van der Waals surface area (Å²) >= 11 is 0. The highest BCUT2D eigenvalue weighted by atomic mass is 16.3. The molecule has 0 radical (unpaired) electrons. The summed E-state index contributed by atoms with van der Waals surface area (Å²) in [6.45, 7) is 0. The fourth-order valence-electron chi connectivity index (χ4n) is 7.58. The van der Waals surface area contributed by atoms with Crippen LogP contribution in [0.5, 0.6) is 0 Å². The van der Waals surface area contributed by atoms with Crippen LogP contribution in [0.1, 0.15) is 0 Å². The summed E-state index contributed by atoms with van der Waals surface area (Å²) in [5.41, 5.74) is 10.8. The number of para-hydroxylation sites is 2. The predicted octanol–water partition coefficient (Wildman–Crippen LogP) is 13.0. The topological polar surface area (TPSA) is 21.3 Å². The summed E-state index contributed by atoms with van der Waals surface area (Å²) in [5, 5.41) is 7.21. The van der Waals surface area contributed by atoms with Gasteiger partial charge in [0.25, 0.3) is 0 Å². The number of anilines is 3. The van der Waals surface area contributed by atoms with Crippen LogP contribution >= 0.6 is 0 Å². The molecule has 10 rings (SSSR count). The van der Waals surface area contributed by atoms with Crippen LogP contribution in [-0.2, 0) is 0 Å². The van der Waals surface area contributed by atoms with E-state index in [2.05, 4.69) is 191 Å². The van der Waals surface area contributed by atoms with Gasteiger partial charge in [-0.25, -0.2) is 0 Å². The number of rotatable bonds is 5. The van der Waals surface area contributed by atoms with Crippen molar-refractivity contribution in [2.75, 3.05) is 4.90 Å². The van der Waals surface area contributed by atoms with Gasteiger partial charge in [-0.15, -0.1) is 0 Å².